The first-order valence-electron chi connectivity index (χ1n) is 10.1. The van der Waals surface area contributed by atoms with Crippen molar-refractivity contribution in [3.63, 3.8) is 0 Å². The molecule has 31 heavy (non-hydrogen) atoms. The van der Waals surface area contributed by atoms with E-state index in [0.717, 1.165) is 11.9 Å². The van der Waals surface area contributed by atoms with Crippen molar-refractivity contribution in [2.75, 3.05) is 42.6 Å². The lowest BCUT2D eigenvalue weighted by Crippen LogP contribution is -2.47. The Morgan fingerprint density at radius 3 is 2.65 bits per heavy atom. The van der Waals surface area contributed by atoms with Crippen LogP contribution in [0.4, 0.5) is 15.9 Å². The highest BCUT2D eigenvalue weighted by molar-refractivity contribution is 5.97. The van der Waals surface area contributed by atoms with Gasteiger partial charge in [-0.3, -0.25) is 4.79 Å². The predicted molar refractivity (Wildman–Crippen MR) is 114 cm³/mol. The molecule has 1 N–H and O–H groups in total. The first-order chi connectivity index (χ1) is 15.0. The van der Waals surface area contributed by atoms with Crippen molar-refractivity contribution in [1.82, 2.24) is 9.55 Å². The van der Waals surface area contributed by atoms with Crippen molar-refractivity contribution in [3.8, 4) is 5.75 Å². The quantitative estimate of drug-likeness (QED) is 0.691. The maximum absolute atomic E-state index is 15.3. The molecule has 9 heteroatoms. The summed E-state index contributed by atoms with van der Waals surface area (Å²) in [6.07, 6.45) is 3.08. The smallest absolute Gasteiger partial charge is 0.341 e. The summed E-state index contributed by atoms with van der Waals surface area (Å²) in [7, 11) is 0. The average molecular weight is 424 g/mol. The number of hydrogen-bond acceptors (Lipinski definition) is 6. The van der Waals surface area contributed by atoms with Crippen LogP contribution in [0.25, 0.3) is 10.9 Å². The van der Waals surface area contributed by atoms with E-state index in [1.54, 1.807) is 10.8 Å². The maximum atomic E-state index is 15.3. The highest BCUT2D eigenvalue weighted by Gasteiger charge is 2.31. The molecule has 5 rings (SSSR count). The third kappa shape index (κ3) is 3.08. The summed E-state index contributed by atoms with van der Waals surface area (Å²) in [5, 5.41) is 9.43. The number of ether oxygens (including phenoxy) is 1. The molecule has 0 spiro atoms. The average Bonchev–Trinajstić information content (AvgIpc) is 2.78. The summed E-state index contributed by atoms with van der Waals surface area (Å²) in [5.41, 5.74) is -0.319. The number of aromatic carboxylic acids is 1. The fraction of sp³-hybridized carbons (Fsp3) is 0.318. The molecule has 1 aromatic carbocycles. The minimum Gasteiger partial charge on any atom is -0.487 e. The van der Waals surface area contributed by atoms with Crippen LogP contribution >= 0.6 is 0 Å². The Morgan fingerprint density at radius 1 is 1.23 bits per heavy atom. The highest BCUT2D eigenvalue weighted by Crippen LogP contribution is 2.42. The predicted octanol–water partition coefficient (Wildman–Crippen LogP) is 2.51. The second-order valence-electron chi connectivity index (χ2n) is 7.84. The van der Waals surface area contributed by atoms with Crippen LogP contribution in [0.1, 0.15) is 23.3 Å². The molecule has 0 amide bonds. The van der Waals surface area contributed by atoms with E-state index < -0.39 is 17.2 Å². The van der Waals surface area contributed by atoms with Crippen LogP contribution in [0, 0.1) is 5.82 Å². The van der Waals surface area contributed by atoms with Crippen LogP contribution in [0.15, 0.2) is 41.5 Å². The molecule has 8 nitrogen and oxygen atoms in total. The van der Waals surface area contributed by atoms with Crippen molar-refractivity contribution >= 4 is 28.4 Å². The number of carbonyl (C=O) groups is 1. The van der Waals surface area contributed by atoms with Crippen molar-refractivity contribution in [3.05, 3.63) is 58.3 Å². The van der Waals surface area contributed by atoms with Crippen LogP contribution in [-0.2, 0) is 0 Å². The molecule has 2 aliphatic rings. The van der Waals surface area contributed by atoms with Gasteiger partial charge in [-0.2, -0.15) is 0 Å². The van der Waals surface area contributed by atoms with Crippen molar-refractivity contribution in [1.29, 1.82) is 0 Å². The summed E-state index contributed by atoms with van der Waals surface area (Å²) in [6, 6.07) is 6.70. The summed E-state index contributed by atoms with van der Waals surface area (Å²) in [4.78, 5) is 32.7. The molecule has 2 aliphatic heterocycles. The van der Waals surface area contributed by atoms with E-state index in [1.165, 1.54) is 6.20 Å². The number of pyridine rings is 2. The molecule has 0 saturated carbocycles. The van der Waals surface area contributed by atoms with Gasteiger partial charge in [0.05, 0.1) is 16.9 Å². The lowest BCUT2D eigenvalue weighted by atomic mass is 10.1. The standard InChI is InChI=1S/C22H21FN4O4/c1-13-12-31-21-18-14(20(28)15(22(29)30)11-27(13)18)10-16(23)19(21)26-8-6-25(7-9-26)17-4-2-3-5-24-17/h2-5,10-11,13H,6-9,12H2,1H3,(H,29,30). The van der Waals surface area contributed by atoms with E-state index in [2.05, 4.69) is 9.88 Å². The zero-order valence-electron chi connectivity index (χ0n) is 16.9. The fourth-order valence-electron chi connectivity index (χ4n) is 4.36. The zero-order valence-corrected chi connectivity index (χ0v) is 16.9. The number of aromatic nitrogens is 2. The molecule has 0 radical (unpaired) electrons. The van der Waals surface area contributed by atoms with E-state index in [9.17, 15) is 14.7 Å². The van der Waals surface area contributed by atoms with Gasteiger partial charge in [0.25, 0.3) is 0 Å². The SMILES string of the molecule is CC1COc2c(N3CCN(c4ccccn4)CC3)c(F)cc3c(=O)c(C(=O)O)cn1c23. The molecule has 1 atom stereocenters. The summed E-state index contributed by atoms with van der Waals surface area (Å²) in [6.45, 7) is 4.57. The number of piperazine rings is 1. The minimum absolute atomic E-state index is 0.0230. The number of benzene rings is 1. The van der Waals surface area contributed by atoms with Gasteiger partial charge >= 0.3 is 5.97 Å². The lowest BCUT2D eigenvalue weighted by molar-refractivity contribution is 0.0694. The van der Waals surface area contributed by atoms with Gasteiger partial charge in [0.15, 0.2) is 11.6 Å². The fourth-order valence-corrected chi connectivity index (χ4v) is 4.36. The zero-order chi connectivity index (χ0) is 21.7. The Bertz CT molecular complexity index is 1240. The van der Waals surface area contributed by atoms with Crippen LogP contribution in [-0.4, -0.2) is 53.4 Å². The summed E-state index contributed by atoms with van der Waals surface area (Å²) in [5.74, 6) is -0.739. The molecule has 0 aliphatic carbocycles. The Morgan fingerprint density at radius 2 is 1.97 bits per heavy atom. The number of carboxylic acids is 1. The highest BCUT2D eigenvalue weighted by atomic mass is 19.1. The van der Waals surface area contributed by atoms with Gasteiger partial charge in [-0.15, -0.1) is 0 Å². The summed E-state index contributed by atoms with van der Waals surface area (Å²) >= 11 is 0. The second kappa shape index (κ2) is 7.26. The first-order valence-corrected chi connectivity index (χ1v) is 10.1. The number of halogens is 1. The third-order valence-electron chi connectivity index (χ3n) is 5.94. The Balaban J connectivity index is 1.58. The lowest BCUT2D eigenvalue weighted by Gasteiger charge is -2.38. The van der Waals surface area contributed by atoms with E-state index in [-0.39, 0.29) is 23.6 Å². The number of hydrogen-bond donors (Lipinski definition) is 1. The van der Waals surface area contributed by atoms with Gasteiger partial charge in [-0.25, -0.2) is 14.2 Å². The molecule has 1 saturated heterocycles. The number of anilines is 2. The van der Waals surface area contributed by atoms with E-state index in [0.29, 0.717) is 43.1 Å². The van der Waals surface area contributed by atoms with Gasteiger partial charge < -0.3 is 24.2 Å². The molecule has 160 valence electrons. The molecular weight excluding hydrogens is 403 g/mol. The monoisotopic (exact) mass is 424 g/mol. The molecule has 1 unspecified atom stereocenters. The maximum Gasteiger partial charge on any atom is 0.341 e. The molecule has 2 aromatic heterocycles. The van der Waals surface area contributed by atoms with Crippen LogP contribution in [0.3, 0.4) is 0 Å². The normalized spacial score (nSPS) is 18.2. The summed E-state index contributed by atoms with van der Waals surface area (Å²) < 4.78 is 22.9. The number of rotatable bonds is 3. The topological polar surface area (TPSA) is 87.9 Å². The second-order valence-corrected chi connectivity index (χ2v) is 7.84. The minimum atomic E-state index is -1.33. The Kier molecular flexibility index (Phi) is 4.53. The van der Waals surface area contributed by atoms with E-state index >= 15 is 4.39 Å². The third-order valence-corrected chi connectivity index (χ3v) is 5.94. The Hall–Kier alpha value is -3.62. The van der Waals surface area contributed by atoms with E-state index in [1.807, 2.05) is 30.0 Å². The molecule has 0 bridgehead atoms. The molecule has 4 heterocycles. The van der Waals surface area contributed by atoms with Crippen LogP contribution < -0.4 is 20.0 Å². The van der Waals surface area contributed by atoms with Gasteiger partial charge in [0, 0.05) is 38.6 Å². The van der Waals surface area contributed by atoms with Gasteiger partial charge in [0.1, 0.15) is 23.7 Å². The van der Waals surface area contributed by atoms with Gasteiger partial charge in [0.2, 0.25) is 5.43 Å². The first kappa shape index (κ1) is 19.3. The van der Waals surface area contributed by atoms with Crippen molar-refractivity contribution < 1.29 is 19.0 Å². The van der Waals surface area contributed by atoms with Gasteiger partial charge in [-0.05, 0) is 25.1 Å². The van der Waals surface area contributed by atoms with Crippen molar-refractivity contribution in [2.45, 2.75) is 13.0 Å². The Labute approximate surface area is 177 Å². The number of carboxylic acid groups (broad SMARTS) is 1. The van der Waals surface area contributed by atoms with E-state index in [4.69, 9.17) is 4.74 Å². The largest absolute Gasteiger partial charge is 0.487 e. The molecule has 3 aromatic rings. The van der Waals surface area contributed by atoms with Crippen LogP contribution in [0.2, 0.25) is 0 Å². The van der Waals surface area contributed by atoms with Crippen LogP contribution in [0.5, 0.6) is 5.75 Å². The van der Waals surface area contributed by atoms with Crippen molar-refractivity contribution in [2.24, 2.45) is 0 Å². The van der Waals surface area contributed by atoms with Gasteiger partial charge in [-0.1, -0.05) is 6.07 Å². The number of nitrogens with zero attached hydrogens (tertiary/aromatic N) is 4. The molecular formula is C22H21FN4O4. The molecule has 1 fully saturated rings.